The summed E-state index contributed by atoms with van der Waals surface area (Å²) in [6.45, 7) is 11.6. The number of hydrogen-bond acceptors (Lipinski definition) is 4. The van der Waals surface area contributed by atoms with Crippen LogP contribution in [0.1, 0.15) is 79.6 Å². The van der Waals surface area contributed by atoms with Gasteiger partial charge in [0.05, 0.1) is 18.3 Å². The first-order valence-corrected chi connectivity index (χ1v) is 13.4. The van der Waals surface area contributed by atoms with Gasteiger partial charge in [0, 0.05) is 12.5 Å². The molecule has 4 aliphatic rings. The molecule has 0 aliphatic heterocycles. The van der Waals surface area contributed by atoms with Crippen LogP contribution in [0.3, 0.4) is 0 Å². The van der Waals surface area contributed by atoms with Gasteiger partial charge in [-0.2, -0.15) is 0 Å². The zero-order valence-corrected chi connectivity index (χ0v) is 21.0. The third-order valence-electron chi connectivity index (χ3n) is 11.1. The second-order valence-electron chi connectivity index (χ2n) is 12.9. The number of hydrogen-bond donors (Lipinski definition) is 4. The van der Waals surface area contributed by atoms with Gasteiger partial charge in [-0.1, -0.05) is 46.8 Å². The lowest BCUT2D eigenvalue weighted by molar-refractivity contribution is -0.180. The molecule has 0 aromatic rings. The highest BCUT2D eigenvalue weighted by Crippen LogP contribution is 2.68. The number of rotatable bonds is 5. The van der Waals surface area contributed by atoms with Gasteiger partial charge >= 0.3 is 0 Å². The van der Waals surface area contributed by atoms with Crippen LogP contribution in [0.2, 0.25) is 0 Å². The van der Waals surface area contributed by atoms with E-state index in [0.717, 1.165) is 38.5 Å². The van der Waals surface area contributed by atoms with Gasteiger partial charge in [-0.25, -0.2) is 0 Å². The summed E-state index contributed by atoms with van der Waals surface area (Å²) in [5.74, 6) is 2.77. The van der Waals surface area contributed by atoms with Crippen LogP contribution >= 0.6 is 0 Å². The molecule has 0 bridgehead atoms. The Balaban J connectivity index is 1.57. The summed E-state index contributed by atoms with van der Waals surface area (Å²) in [7, 11) is 0. The van der Waals surface area contributed by atoms with Crippen molar-refractivity contribution in [1.29, 1.82) is 0 Å². The van der Waals surface area contributed by atoms with Crippen LogP contribution < -0.4 is 0 Å². The van der Waals surface area contributed by atoms with E-state index in [2.05, 4.69) is 46.8 Å². The normalized spacial score (nSPS) is 50.7. The SMILES string of the molecule is CC(C)[C@H](/C=C/[C@@H](C)[C@@H]1C[C@@H](O)[C@@H]2[C@@H]3C[C@H](O)[C@H]4C[C@@H](O)CC[C@]4(C)[C@H]3CC[C@@]21C)CO. The van der Waals surface area contributed by atoms with Gasteiger partial charge in [-0.15, -0.1) is 0 Å². The van der Waals surface area contributed by atoms with Crippen molar-refractivity contribution >= 4 is 0 Å². The number of aliphatic hydroxyl groups excluding tert-OH is 4. The Hall–Kier alpha value is -0.420. The molecule has 4 saturated carbocycles. The summed E-state index contributed by atoms with van der Waals surface area (Å²) in [6.07, 6.45) is 10.1. The van der Waals surface area contributed by atoms with E-state index in [1.54, 1.807) is 0 Å². The minimum absolute atomic E-state index is 0.0812. The predicted molar refractivity (Wildman–Crippen MR) is 128 cm³/mol. The Labute approximate surface area is 195 Å². The molecule has 12 atom stereocenters. The Morgan fingerprint density at radius 2 is 1.53 bits per heavy atom. The van der Waals surface area contributed by atoms with Crippen molar-refractivity contribution in [1.82, 2.24) is 0 Å². The zero-order valence-electron chi connectivity index (χ0n) is 21.0. The minimum Gasteiger partial charge on any atom is -0.396 e. The largest absolute Gasteiger partial charge is 0.396 e. The highest BCUT2D eigenvalue weighted by molar-refractivity contribution is 5.14. The lowest BCUT2D eigenvalue weighted by atomic mass is 9.43. The maximum Gasteiger partial charge on any atom is 0.0579 e. The predicted octanol–water partition coefficient (Wildman–Crippen LogP) is 4.40. The number of fused-ring (bicyclic) bond motifs is 5. The standard InChI is InChI=1S/C28H48O4/c1-16(2)18(15-29)7-6-17(3)22-14-25(32)26-20-13-24(31)23-12-19(30)8-10-27(23,4)21(20)9-11-28(22,26)5/h6-7,16-26,29-32H,8-15H2,1-5H3/b7-6+/t17-,18-,19+,20-,21+,22+,23-,24+,25-,26+,27-,28-/m1/s1. The van der Waals surface area contributed by atoms with Crippen LogP contribution in [0.15, 0.2) is 12.2 Å². The molecule has 0 unspecified atom stereocenters. The Kier molecular flexibility index (Phi) is 6.93. The van der Waals surface area contributed by atoms with E-state index < -0.39 is 0 Å². The van der Waals surface area contributed by atoms with Crippen LogP contribution in [0, 0.1) is 58.2 Å². The molecule has 0 heterocycles. The van der Waals surface area contributed by atoms with E-state index in [0.29, 0.717) is 29.6 Å². The van der Waals surface area contributed by atoms with Gasteiger partial charge in [0.15, 0.2) is 0 Å². The minimum atomic E-state index is -0.363. The molecular formula is C28H48O4. The van der Waals surface area contributed by atoms with Crippen LogP contribution in [0.5, 0.6) is 0 Å². The third kappa shape index (κ3) is 3.91. The van der Waals surface area contributed by atoms with E-state index in [1.165, 1.54) is 6.42 Å². The van der Waals surface area contributed by atoms with Crippen molar-refractivity contribution in [3.63, 3.8) is 0 Å². The average molecular weight is 449 g/mol. The summed E-state index contributed by atoms with van der Waals surface area (Å²) in [5.41, 5.74) is 0.172. The molecule has 4 rings (SSSR count). The third-order valence-corrected chi connectivity index (χ3v) is 11.1. The zero-order chi connectivity index (χ0) is 23.4. The highest BCUT2D eigenvalue weighted by Gasteiger charge is 2.64. The van der Waals surface area contributed by atoms with E-state index in [-0.39, 0.29) is 53.5 Å². The Bertz CT molecular complexity index is 691. The smallest absolute Gasteiger partial charge is 0.0579 e. The summed E-state index contributed by atoms with van der Waals surface area (Å²) in [5, 5.41) is 42.6. The Morgan fingerprint density at radius 3 is 2.19 bits per heavy atom. The van der Waals surface area contributed by atoms with E-state index in [9.17, 15) is 20.4 Å². The second-order valence-corrected chi connectivity index (χ2v) is 12.9. The first-order chi connectivity index (χ1) is 15.0. The monoisotopic (exact) mass is 448 g/mol. The van der Waals surface area contributed by atoms with Crippen molar-refractivity contribution in [2.75, 3.05) is 6.61 Å². The van der Waals surface area contributed by atoms with Crippen molar-refractivity contribution < 1.29 is 20.4 Å². The molecule has 4 N–H and O–H groups in total. The molecule has 0 radical (unpaired) electrons. The van der Waals surface area contributed by atoms with Gasteiger partial charge in [0.25, 0.3) is 0 Å². The van der Waals surface area contributed by atoms with Gasteiger partial charge in [-0.05, 0) is 97.2 Å². The Morgan fingerprint density at radius 1 is 0.844 bits per heavy atom. The van der Waals surface area contributed by atoms with Gasteiger partial charge in [0.1, 0.15) is 0 Å². The van der Waals surface area contributed by atoms with E-state index in [4.69, 9.17) is 0 Å². The fourth-order valence-electron chi connectivity index (χ4n) is 9.15. The molecule has 4 aliphatic carbocycles. The maximum absolute atomic E-state index is 11.4. The van der Waals surface area contributed by atoms with E-state index >= 15 is 0 Å². The molecular weight excluding hydrogens is 400 g/mol. The fourth-order valence-corrected chi connectivity index (χ4v) is 9.15. The van der Waals surface area contributed by atoms with Crippen molar-refractivity contribution in [3.8, 4) is 0 Å². The first-order valence-electron chi connectivity index (χ1n) is 13.4. The number of aliphatic hydroxyl groups is 4. The van der Waals surface area contributed by atoms with Crippen molar-refractivity contribution in [2.24, 2.45) is 58.2 Å². The molecule has 4 heteroatoms. The molecule has 32 heavy (non-hydrogen) atoms. The van der Waals surface area contributed by atoms with Crippen molar-refractivity contribution in [2.45, 2.75) is 97.9 Å². The van der Waals surface area contributed by atoms with Crippen molar-refractivity contribution in [3.05, 3.63) is 12.2 Å². The molecule has 0 aromatic heterocycles. The second kappa shape index (κ2) is 8.98. The molecule has 184 valence electrons. The summed E-state index contributed by atoms with van der Waals surface area (Å²) < 4.78 is 0. The summed E-state index contributed by atoms with van der Waals surface area (Å²) in [6, 6.07) is 0. The molecule has 4 fully saturated rings. The van der Waals surface area contributed by atoms with Gasteiger partial charge < -0.3 is 20.4 Å². The highest BCUT2D eigenvalue weighted by atomic mass is 16.3. The quantitative estimate of drug-likeness (QED) is 0.470. The number of allylic oxidation sites excluding steroid dienone is 1. The molecule has 0 saturated heterocycles. The summed E-state index contributed by atoms with van der Waals surface area (Å²) in [4.78, 5) is 0. The molecule has 0 spiro atoms. The molecule has 0 amide bonds. The van der Waals surface area contributed by atoms with Gasteiger partial charge in [0.2, 0.25) is 0 Å². The topological polar surface area (TPSA) is 80.9 Å². The van der Waals surface area contributed by atoms with Crippen LogP contribution in [-0.4, -0.2) is 45.3 Å². The molecule has 0 aromatic carbocycles. The van der Waals surface area contributed by atoms with Crippen LogP contribution in [0.25, 0.3) is 0 Å². The van der Waals surface area contributed by atoms with E-state index in [1.807, 2.05) is 0 Å². The first kappa shape index (κ1) is 24.7. The average Bonchev–Trinajstić information content (AvgIpc) is 3.00. The molecule has 4 nitrogen and oxygen atoms in total. The lowest BCUT2D eigenvalue weighted by Gasteiger charge is -2.62. The fraction of sp³-hybridized carbons (Fsp3) is 0.929. The maximum atomic E-state index is 11.4. The van der Waals surface area contributed by atoms with Gasteiger partial charge in [-0.3, -0.25) is 0 Å². The van der Waals surface area contributed by atoms with Crippen LogP contribution in [0.4, 0.5) is 0 Å². The van der Waals surface area contributed by atoms with Crippen LogP contribution in [-0.2, 0) is 0 Å². The summed E-state index contributed by atoms with van der Waals surface area (Å²) >= 11 is 0. The lowest BCUT2D eigenvalue weighted by Crippen LogP contribution is -2.59.